The maximum absolute atomic E-state index is 5.59. The summed E-state index contributed by atoms with van der Waals surface area (Å²) in [6.07, 6.45) is 4.25. The minimum absolute atomic E-state index is 0.308. The first kappa shape index (κ1) is 15.0. The van der Waals surface area contributed by atoms with Gasteiger partial charge >= 0.3 is 0 Å². The smallest absolute Gasteiger partial charge is 0.231 e. The first-order chi connectivity index (χ1) is 12.3. The molecule has 0 radical (unpaired) electrons. The third kappa shape index (κ3) is 2.20. The Morgan fingerprint density at radius 1 is 0.960 bits per heavy atom. The number of thioether (sulfide) groups is 1. The van der Waals surface area contributed by atoms with Crippen LogP contribution in [-0.4, -0.2) is 20.2 Å². The van der Waals surface area contributed by atoms with E-state index in [4.69, 9.17) is 14.2 Å². The van der Waals surface area contributed by atoms with Crippen molar-refractivity contribution in [2.24, 2.45) is 0 Å². The summed E-state index contributed by atoms with van der Waals surface area (Å²) in [6.45, 7) is 0.308. The molecule has 126 valence electrons. The summed E-state index contributed by atoms with van der Waals surface area (Å²) in [5.41, 5.74) is 5.45. The zero-order valence-corrected chi connectivity index (χ0v) is 15.0. The topological polar surface area (TPSA) is 27.7 Å². The van der Waals surface area contributed by atoms with Crippen LogP contribution in [0.15, 0.2) is 41.3 Å². The highest BCUT2D eigenvalue weighted by atomic mass is 32.2. The molecular weight excluding hydrogens is 332 g/mol. The summed E-state index contributed by atoms with van der Waals surface area (Å²) in [6, 6.07) is 13.0. The molecule has 25 heavy (non-hydrogen) atoms. The molecule has 0 saturated carbocycles. The minimum Gasteiger partial charge on any atom is -0.497 e. The van der Waals surface area contributed by atoms with Crippen molar-refractivity contribution in [2.75, 3.05) is 20.2 Å². The highest BCUT2D eigenvalue weighted by molar-refractivity contribution is 7.98. The van der Waals surface area contributed by atoms with Crippen molar-refractivity contribution in [3.63, 3.8) is 0 Å². The molecule has 1 aliphatic heterocycles. The van der Waals surface area contributed by atoms with Gasteiger partial charge in [0.25, 0.3) is 0 Å². The van der Waals surface area contributed by atoms with Crippen molar-refractivity contribution in [3.05, 3.63) is 47.5 Å². The second-order valence-electron chi connectivity index (χ2n) is 6.39. The van der Waals surface area contributed by atoms with Gasteiger partial charge in [0.2, 0.25) is 6.79 Å². The minimum atomic E-state index is 0.308. The van der Waals surface area contributed by atoms with Crippen LogP contribution in [-0.2, 0) is 12.8 Å². The van der Waals surface area contributed by atoms with Crippen molar-refractivity contribution in [1.29, 1.82) is 0 Å². The molecule has 3 nitrogen and oxygen atoms in total. The van der Waals surface area contributed by atoms with Crippen molar-refractivity contribution < 1.29 is 14.2 Å². The van der Waals surface area contributed by atoms with Crippen LogP contribution in [0.2, 0.25) is 0 Å². The van der Waals surface area contributed by atoms with Gasteiger partial charge in [-0.25, -0.2) is 0 Å². The van der Waals surface area contributed by atoms with E-state index in [1.165, 1.54) is 37.9 Å². The molecule has 0 spiro atoms. The molecular formula is C21H18O3S. The van der Waals surface area contributed by atoms with Crippen LogP contribution >= 0.6 is 11.8 Å². The van der Waals surface area contributed by atoms with Gasteiger partial charge in [-0.2, -0.15) is 0 Å². The molecule has 0 aromatic heterocycles. The molecule has 0 unspecified atom stereocenters. The normalized spacial score (nSPS) is 14.3. The molecule has 0 N–H and O–H groups in total. The van der Waals surface area contributed by atoms with Crippen LogP contribution in [0, 0.1) is 0 Å². The standard InChI is InChI=1S/C21H18O3S/c1-22-14-4-6-15-12(7-14)3-5-16-18(15)8-13-9-19-20(24-11-23-19)10-17(13)21(16)25-2/h4,6-10H,3,5,11H2,1-2H3. The SMILES string of the molecule is COc1ccc2c(c1)CCc1c-2cc2cc3c(cc2c1SC)OCO3. The van der Waals surface area contributed by atoms with Crippen LogP contribution in [0.1, 0.15) is 11.1 Å². The number of fused-ring (bicyclic) bond motifs is 5. The third-order valence-electron chi connectivity index (χ3n) is 5.14. The van der Waals surface area contributed by atoms with Gasteiger partial charge in [-0.05, 0) is 82.5 Å². The van der Waals surface area contributed by atoms with Gasteiger partial charge < -0.3 is 14.2 Å². The third-order valence-corrected chi connectivity index (χ3v) is 6.01. The summed E-state index contributed by atoms with van der Waals surface area (Å²) < 4.78 is 16.6. The zero-order chi connectivity index (χ0) is 17.0. The summed E-state index contributed by atoms with van der Waals surface area (Å²) in [5.74, 6) is 2.62. The van der Waals surface area contributed by atoms with E-state index in [9.17, 15) is 0 Å². The van der Waals surface area contributed by atoms with E-state index >= 15 is 0 Å². The molecule has 2 aliphatic rings. The number of aryl methyl sites for hydroxylation is 1. The van der Waals surface area contributed by atoms with E-state index in [1.807, 2.05) is 11.8 Å². The molecule has 4 heteroatoms. The molecule has 0 saturated heterocycles. The summed E-state index contributed by atoms with van der Waals surface area (Å²) >= 11 is 1.82. The van der Waals surface area contributed by atoms with Crippen molar-refractivity contribution in [1.82, 2.24) is 0 Å². The second-order valence-corrected chi connectivity index (χ2v) is 7.20. The van der Waals surface area contributed by atoms with Crippen LogP contribution in [0.4, 0.5) is 0 Å². The zero-order valence-electron chi connectivity index (χ0n) is 14.2. The summed E-state index contributed by atoms with van der Waals surface area (Å²) in [5, 5.41) is 2.46. The second kappa shape index (κ2) is 5.60. The molecule has 0 fully saturated rings. The Bertz CT molecular complexity index is 1010. The van der Waals surface area contributed by atoms with Crippen molar-refractivity contribution >= 4 is 22.5 Å². The number of hydrogen-bond acceptors (Lipinski definition) is 4. The van der Waals surface area contributed by atoms with Crippen LogP contribution in [0.5, 0.6) is 17.2 Å². The quantitative estimate of drug-likeness (QED) is 0.604. The lowest BCUT2D eigenvalue weighted by molar-refractivity contribution is 0.174. The highest BCUT2D eigenvalue weighted by Crippen LogP contribution is 2.46. The van der Waals surface area contributed by atoms with Crippen molar-refractivity contribution in [3.8, 4) is 28.4 Å². The lowest BCUT2D eigenvalue weighted by Crippen LogP contribution is -2.06. The molecule has 1 aliphatic carbocycles. The van der Waals surface area contributed by atoms with Crippen LogP contribution in [0.3, 0.4) is 0 Å². The molecule has 1 heterocycles. The first-order valence-electron chi connectivity index (χ1n) is 8.39. The maximum atomic E-state index is 5.59. The van der Waals surface area contributed by atoms with Gasteiger partial charge in [0.1, 0.15) is 5.75 Å². The van der Waals surface area contributed by atoms with E-state index in [0.717, 1.165) is 30.1 Å². The van der Waals surface area contributed by atoms with Gasteiger partial charge in [0.05, 0.1) is 7.11 Å². The van der Waals surface area contributed by atoms with E-state index in [-0.39, 0.29) is 0 Å². The average molecular weight is 350 g/mol. The Hall–Kier alpha value is -2.33. The van der Waals surface area contributed by atoms with Crippen LogP contribution < -0.4 is 14.2 Å². The average Bonchev–Trinajstić information content (AvgIpc) is 3.11. The maximum Gasteiger partial charge on any atom is 0.231 e. The lowest BCUT2D eigenvalue weighted by atomic mass is 9.84. The van der Waals surface area contributed by atoms with E-state index in [2.05, 4.69) is 42.7 Å². The first-order valence-corrected chi connectivity index (χ1v) is 9.61. The molecule has 3 aromatic carbocycles. The predicted octanol–water partition coefficient (Wildman–Crippen LogP) is 5.06. The largest absolute Gasteiger partial charge is 0.497 e. The Labute approximate surface area is 150 Å². The summed E-state index contributed by atoms with van der Waals surface area (Å²) in [4.78, 5) is 1.35. The fraction of sp³-hybridized carbons (Fsp3) is 0.238. The fourth-order valence-electron chi connectivity index (χ4n) is 3.95. The number of rotatable bonds is 2. The Morgan fingerprint density at radius 2 is 1.80 bits per heavy atom. The van der Waals surface area contributed by atoms with E-state index < -0.39 is 0 Å². The fourth-order valence-corrected chi connectivity index (χ4v) is 4.80. The van der Waals surface area contributed by atoms with E-state index in [1.54, 1.807) is 7.11 Å². The molecule has 3 aromatic rings. The van der Waals surface area contributed by atoms with Gasteiger partial charge in [-0.1, -0.05) is 6.07 Å². The summed E-state index contributed by atoms with van der Waals surface area (Å²) in [7, 11) is 1.72. The van der Waals surface area contributed by atoms with Gasteiger partial charge in [-0.15, -0.1) is 11.8 Å². The van der Waals surface area contributed by atoms with Gasteiger partial charge in [-0.3, -0.25) is 0 Å². The molecule has 5 rings (SSSR count). The Balaban J connectivity index is 1.80. The molecule has 0 bridgehead atoms. The molecule has 0 amide bonds. The molecule has 0 atom stereocenters. The number of hydrogen-bond donors (Lipinski definition) is 0. The van der Waals surface area contributed by atoms with Gasteiger partial charge in [0.15, 0.2) is 11.5 Å². The number of ether oxygens (including phenoxy) is 3. The monoisotopic (exact) mass is 350 g/mol. The lowest BCUT2D eigenvalue weighted by Gasteiger charge is -2.24. The predicted molar refractivity (Wildman–Crippen MR) is 101 cm³/mol. The van der Waals surface area contributed by atoms with E-state index in [0.29, 0.717) is 6.79 Å². The number of benzene rings is 3. The Morgan fingerprint density at radius 3 is 2.60 bits per heavy atom. The Kier molecular flexibility index (Phi) is 3.35. The van der Waals surface area contributed by atoms with Crippen molar-refractivity contribution in [2.45, 2.75) is 17.7 Å². The van der Waals surface area contributed by atoms with Crippen LogP contribution in [0.25, 0.3) is 21.9 Å². The highest BCUT2D eigenvalue weighted by Gasteiger charge is 2.23. The van der Waals surface area contributed by atoms with Gasteiger partial charge in [0, 0.05) is 4.90 Å². The number of methoxy groups -OCH3 is 1.